The highest BCUT2D eigenvalue weighted by atomic mass is 32.2. The van der Waals surface area contributed by atoms with Crippen LogP contribution in [-0.4, -0.2) is 21.8 Å². The summed E-state index contributed by atoms with van der Waals surface area (Å²) in [6.45, 7) is 4.14. The van der Waals surface area contributed by atoms with E-state index in [4.69, 9.17) is 5.73 Å². The monoisotopic (exact) mass is 219 g/mol. The Labute approximate surface area is 91.1 Å². The van der Waals surface area contributed by atoms with Crippen molar-refractivity contribution in [3.05, 3.63) is 0 Å². The maximum atomic E-state index is 11.4. The van der Waals surface area contributed by atoms with Crippen LogP contribution in [0.5, 0.6) is 0 Å². The van der Waals surface area contributed by atoms with Crippen LogP contribution in [0.15, 0.2) is 0 Å². The largest absolute Gasteiger partial charge is 0.327 e. The molecule has 0 radical (unpaired) electrons. The third kappa shape index (κ3) is 10.2. The summed E-state index contributed by atoms with van der Waals surface area (Å²) in [4.78, 5) is 0. The van der Waals surface area contributed by atoms with Gasteiger partial charge in [-0.1, -0.05) is 39.0 Å². The SMILES string of the molecule is CCCCCCCCS(=O)CC(C)N. The van der Waals surface area contributed by atoms with Crippen molar-refractivity contribution >= 4 is 10.8 Å². The van der Waals surface area contributed by atoms with Crippen LogP contribution in [0.3, 0.4) is 0 Å². The van der Waals surface area contributed by atoms with Crippen LogP contribution < -0.4 is 5.73 Å². The fraction of sp³-hybridized carbons (Fsp3) is 1.00. The number of hydrogen-bond donors (Lipinski definition) is 1. The van der Waals surface area contributed by atoms with Gasteiger partial charge < -0.3 is 5.73 Å². The average Bonchev–Trinajstić information content (AvgIpc) is 2.10. The van der Waals surface area contributed by atoms with Crippen molar-refractivity contribution in [2.75, 3.05) is 11.5 Å². The molecule has 0 rings (SSSR count). The smallest absolute Gasteiger partial charge is 0.0383 e. The maximum absolute atomic E-state index is 11.4. The topological polar surface area (TPSA) is 43.1 Å². The van der Waals surface area contributed by atoms with Gasteiger partial charge in [0.1, 0.15) is 0 Å². The first-order valence-corrected chi connectivity index (χ1v) is 7.26. The van der Waals surface area contributed by atoms with E-state index >= 15 is 0 Å². The van der Waals surface area contributed by atoms with E-state index in [1.54, 1.807) is 0 Å². The van der Waals surface area contributed by atoms with Crippen molar-refractivity contribution in [3.63, 3.8) is 0 Å². The van der Waals surface area contributed by atoms with E-state index in [9.17, 15) is 4.21 Å². The predicted molar refractivity (Wildman–Crippen MR) is 64.9 cm³/mol. The lowest BCUT2D eigenvalue weighted by Crippen LogP contribution is -2.24. The van der Waals surface area contributed by atoms with Crippen molar-refractivity contribution in [2.45, 2.75) is 58.4 Å². The van der Waals surface area contributed by atoms with Gasteiger partial charge in [-0.2, -0.15) is 0 Å². The van der Waals surface area contributed by atoms with Gasteiger partial charge in [0.15, 0.2) is 0 Å². The van der Waals surface area contributed by atoms with E-state index in [-0.39, 0.29) is 6.04 Å². The second kappa shape index (κ2) is 9.66. The molecule has 3 heteroatoms. The molecule has 0 aromatic heterocycles. The molecular formula is C11H25NOS. The summed E-state index contributed by atoms with van der Waals surface area (Å²) < 4.78 is 11.4. The molecule has 0 aliphatic rings. The standard InChI is InChI=1S/C11H25NOS/c1-3-4-5-6-7-8-9-14(13)10-11(2)12/h11H,3-10,12H2,1-2H3. The molecule has 0 spiro atoms. The second-order valence-electron chi connectivity index (χ2n) is 4.06. The van der Waals surface area contributed by atoms with Gasteiger partial charge in [-0.15, -0.1) is 0 Å². The summed E-state index contributed by atoms with van der Waals surface area (Å²) in [6.07, 6.45) is 7.58. The molecule has 0 amide bonds. The number of rotatable bonds is 9. The summed E-state index contributed by atoms with van der Waals surface area (Å²) >= 11 is 0. The normalized spacial score (nSPS) is 15.4. The molecule has 2 nitrogen and oxygen atoms in total. The van der Waals surface area contributed by atoms with E-state index in [1.165, 1.54) is 32.1 Å². The Balaban J connectivity index is 3.15. The van der Waals surface area contributed by atoms with E-state index in [0.29, 0.717) is 5.75 Å². The Hall–Kier alpha value is 0.110. The molecule has 0 aromatic rings. The average molecular weight is 219 g/mol. The zero-order chi connectivity index (χ0) is 10.8. The molecule has 14 heavy (non-hydrogen) atoms. The Morgan fingerprint density at radius 3 is 2.29 bits per heavy atom. The quantitative estimate of drug-likeness (QED) is 0.605. The van der Waals surface area contributed by atoms with E-state index in [2.05, 4.69) is 6.92 Å². The van der Waals surface area contributed by atoms with Crippen molar-refractivity contribution in [1.82, 2.24) is 0 Å². The molecule has 0 bridgehead atoms. The highest BCUT2D eigenvalue weighted by Crippen LogP contribution is 2.05. The van der Waals surface area contributed by atoms with Crippen LogP contribution in [-0.2, 0) is 10.8 Å². The summed E-state index contributed by atoms with van der Waals surface area (Å²) in [6, 6.07) is 0.0796. The Morgan fingerprint density at radius 1 is 1.14 bits per heavy atom. The lowest BCUT2D eigenvalue weighted by atomic mass is 10.1. The van der Waals surface area contributed by atoms with Crippen molar-refractivity contribution < 1.29 is 4.21 Å². The molecule has 2 N–H and O–H groups in total. The second-order valence-corrected chi connectivity index (χ2v) is 5.68. The van der Waals surface area contributed by atoms with Crippen molar-refractivity contribution in [3.8, 4) is 0 Å². The van der Waals surface area contributed by atoms with E-state index in [1.807, 2.05) is 6.92 Å². The van der Waals surface area contributed by atoms with Crippen LogP contribution in [0.2, 0.25) is 0 Å². The van der Waals surface area contributed by atoms with Gasteiger partial charge >= 0.3 is 0 Å². The van der Waals surface area contributed by atoms with Crippen LogP contribution in [0.4, 0.5) is 0 Å². The fourth-order valence-electron chi connectivity index (χ4n) is 1.42. The highest BCUT2D eigenvalue weighted by Gasteiger charge is 2.02. The predicted octanol–water partition coefficient (Wildman–Crippen LogP) is 2.44. The summed E-state index contributed by atoms with van der Waals surface area (Å²) in [7, 11) is -0.682. The third-order valence-electron chi connectivity index (χ3n) is 2.17. The Morgan fingerprint density at radius 2 is 1.71 bits per heavy atom. The number of hydrogen-bond acceptors (Lipinski definition) is 2. The molecule has 2 unspecified atom stereocenters. The molecule has 2 atom stereocenters. The molecule has 0 heterocycles. The third-order valence-corrected chi connectivity index (χ3v) is 3.82. The van der Waals surface area contributed by atoms with Gasteiger partial charge in [-0.3, -0.25) is 4.21 Å². The first-order chi connectivity index (χ1) is 6.66. The minimum atomic E-state index is -0.682. The van der Waals surface area contributed by atoms with Gasteiger partial charge in [0.25, 0.3) is 0 Å². The van der Waals surface area contributed by atoms with Gasteiger partial charge in [0.05, 0.1) is 0 Å². The molecule has 0 aliphatic carbocycles. The zero-order valence-corrected chi connectivity index (χ0v) is 10.4. The minimum absolute atomic E-state index is 0.0796. The number of unbranched alkanes of at least 4 members (excludes halogenated alkanes) is 5. The molecule has 86 valence electrons. The van der Waals surface area contributed by atoms with Crippen LogP contribution in [0.25, 0.3) is 0 Å². The molecule has 0 fully saturated rings. The fourth-order valence-corrected chi connectivity index (χ4v) is 2.70. The Kier molecular flexibility index (Phi) is 9.73. The summed E-state index contributed by atoms with van der Waals surface area (Å²) in [5.74, 6) is 1.50. The van der Waals surface area contributed by atoms with Crippen LogP contribution in [0.1, 0.15) is 52.4 Å². The van der Waals surface area contributed by atoms with Crippen molar-refractivity contribution in [1.29, 1.82) is 0 Å². The molecule has 0 aliphatic heterocycles. The summed E-state index contributed by atoms with van der Waals surface area (Å²) in [5.41, 5.74) is 5.57. The van der Waals surface area contributed by atoms with E-state index in [0.717, 1.165) is 12.2 Å². The minimum Gasteiger partial charge on any atom is -0.327 e. The molecule has 0 saturated heterocycles. The van der Waals surface area contributed by atoms with Gasteiger partial charge in [0, 0.05) is 28.3 Å². The van der Waals surface area contributed by atoms with Gasteiger partial charge in [0.2, 0.25) is 0 Å². The van der Waals surface area contributed by atoms with Crippen molar-refractivity contribution in [2.24, 2.45) is 5.73 Å². The lowest BCUT2D eigenvalue weighted by molar-refractivity contribution is 0.621. The summed E-state index contributed by atoms with van der Waals surface area (Å²) in [5, 5.41) is 0. The molecule has 0 saturated carbocycles. The Bertz CT molecular complexity index is 148. The first-order valence-electron chi connectivity index (χ1n) is 5.77. The van der Waals surface area contributed by atoms with Crippen LogP contribution >= 0.6 is 0 Å². The highest BCUT2D eigenvalue weighted by molar-refractivity contribution is 7.85. The maximum Gasteiger partial charge on any atom is 0.0383 e. The first kappa shape index (κ1) is 14.1. The van der Waals surface area contributed by atoms with Gasteiger partial charge in [-0.05, 0) is 13.3 Å². The zero-order valence-electron chi connectivity index (χ0n) is 9.63. The lowest BCUT2D eigenvalue weighted by Gasteiger charge is -2.04. The number of nitrogens with two attached hydrogens (primary N) is 1. The van der Waals surface area contributed by atoms with Gasteiger partial charge in [-0.25, -0.2) is 0 Å². The molecule has 0 aromatic carbocycles. The van der Waals surface area contributed by atoms with Crippen LogP contribution in [0, 0.1) is 0 Å². The molecular weight excluding hydrogens is 194 g/mol. The van der Waals surface area contributed by atoms with E-state index < -0.39 is 10.8 Å².